The molecule has 36 heavy (non-hydrogen) atoms. The molecule has 0 aliphatic heterocycles. The molecule has 2 aromatic carbocycles. The Morgan fingerprint density at radius 1 is 1.14 bits per heavy atom. The maximum Gasteiger partial charge on any atom is 0.411 e. The number of rotatable bonds is 7. The number of aromatic nitrogens is 3. The number of nitrogen functional groups attached to an aromatic ring is 1. The molecule has 186 valence electrons. The van der Waals surface area contributed by atoms with E-state index in [4.69, 9.17) is 15.2 Å². The minimum atomic E-state index is -0.412. The smallest absolute Gasteiger partial charge is 0.411 e. The zero-order valence-electron chi connectivity index (χ0n) is 20.6. The number of nitrogens with zero attached hydrogens (tertiary/aromatic N) is 3. The molecule has 1 unspecified atom stereocenters. The number of carbonyl (C=O) groups excluding carboxylic acids is 1. The Labute approximate surface area is 210 Å². The highest BCUT2D eigenvalue weighted by Crippen LogP contribution is 2.45. The lowest BCUT2D eigenvalue weighted by Crippen LogP contribution is -2.21. The van der Waals surface area contributed by atoms with Crippen LogP contribution >= 0.6 is 0 Å². The Morgan fingerprint density at radius 3 is 2.56 bits per heavy atom. The Balaban J connectivity index is 1.31. The molecule has 1 atom stereocenters. The van der Waals surface area contributed by atoms with Gasteiger partial charge in [0.25, 0.3) is 0 Å². The summed E-state index contributed by atoms with van der Waals surface area (Å²) < 4.78 is 15.7. The molecule has 8 nitrogen and oxygen atoms in total. The van der Waals surface area contributed by atoms with Crippen LogP contribution in [-0.2, 0) is 11.8 Å². The van der Waals surface area contributed by atoms with E-state index >= 15 is 0 Å². The topological polar surface area (TPSA) is 96.3 Å². The first-order valence-corrected chi connectivity index (χ1v) is 12.6. The van der Waals surface area contributed by atoms with Crippen LogP contribution in [0.1, 0.15) is 45.1 Å². The minimum Gasteiger partial charge on any atom is -0.446 e. The van der Waals surface area contributed by atoms with Gasteiger partial charge in [0.1, 0.15) is 11.9 Å². The van der Waals surface area contributed by atoms with Gasteiger partial charge in [-0.3, -0.25) is 5.32 Å². The molecule has 6 rings (SSSR count). The van der Waals surface area contributed by atoms with E-state index in [1.807, 2.05) is 61.1 Å². The quantitative estimate of drug-likeness (QED) is 0.312. The van der Waals surface area contributed by atoms with Gasteiger partial charge in [-0.05, 0) is 69.2 Å². The largest absolute Gasteiger partial charge is 0.446 e. The van der Waals surface area contributed by atoms with Crippen molar-refractivity contribution in [1.82, 2.24) is 14.1 Å². The van der Waals surface area contributed by atoms with Crippen LogP contribution in [0.3, 0.4) is 0 Å². The Kier molecular flexibility index (Phi) is 5.59. The fourth-order valence-corrected chi connectivity index (χ4v) is 4.94. The van der Waals surface area contributed by atoms with Crippen LogP contribution in [0.2, 0.25) is 0 Å². The van der Waals surface area contributed by atoms with Gasteiger partial charge in [0.05, 0.1) is 16.9 Å². The number of hydrogen-bond acceptors (Lipinski definition) is 5. The van der Waals surface area contributed by atoms with Gasteiger partial charge >= 0.3 is 12.1 Å². The van der Waals surface area contributed by atoms with Crippen molar-refractivity contribution in [2.24, 2.45) is 13.0 Å². The van der Waals surface area contributed by atoms with E-state index in [9.17, 15) is 4.79 Å². The van der Waals surface area contributed by atoms with Crippen LogP contribution in [0.4, 0.5) is 16.2 Å². The summed E-state index contributed by atoms with van der Waals surface area (Å²) in [5.41, 5.74) is 11.2. The van der Waals surface area contributed by atoms with Gasteiger partial charge < -0.3 is 24.3 Å². The Morgan fingerprint density at radius 2 is 1.92 bits per heavy atom. The summed E-state index contributed by atoms with van der Waals surface area (Å²) in [7, 11) is 1.90. The summed E-state index contributed by atoms with van der Waals surface area (Å²) in [6.45, 7) is 1.95. The maximum absolute atomic E-state index is 12.3. The minimum absolute atomic E-state index is 0.0477. The number of anilines is 2. The van der Waals surface area contributed by atoms with E-state index in [0.717, 1.165) is 59.3 Å². The first kappa shape index (κ1) is 22.5. The van der Waals surface area contributed by atoms with E-state index in [-0.39, 0.29) is 6.10 Å². The van der Waals surface area contributed by atoms with Crippen molar-refractivity contribution in [3.05, 3.63) is 54.9 Å². The third-order valence-corrected chi connectivity index (χ3v) is 7.42. The number of aryl methyl sites for hydroxylation is 1. The number of ether oxygens (including phenoxy) is 2. The molecular formula is C28H31N5O3. The molecule has 2 aromatic heterocycles. The van der Waals surface area contributed by atoms with Crippen LogP contribution in [-0.4, -0.2) is 26.3 Å². The summed E-state index contributed by atoms with van der Waals surface area (Å²) in [6.07, 6.45) is 8.82. The molecule has 0 spiro atoms. The predicted octanol–water partition coefficient (Wildman–Crippen LogP) is 6.49. The first-order valence-electron chi connectivity index (χ1n) is 12.6. The highest BCUT2D eigenvalue weighted by Gasteiger charge is 2.31. The van der Waals surface area contributed by atoms with Crippen molar-refractivity contribution < 1.29 is 14.3 Å². The van der Waals surface area contributed by atoms with Crippen molar-refractivity contribution >= 4 is 28.4 Å². The maximum atomic E-state index is 12.3. The van der Waals surface area contributed by atoms with Gasteiger partial charge in [-0.15, -0.1) is 0 Å². The molecule has 3 N–H and O–H groups in total. The third kappa shape index (κ3) is 4.17. The Bertz CT molecular complexity index is 1410. The molecule has 8 heteroatoms. The number of hydrogen-bond donors (Lipinski definition) is 2. The standard InChI is InChI=1S/C28H31N5O3/c1-17(18-6-7-18)35-28(34)31-20-10-8-19(9-11-20)26-25(29)23-13-12-22(36-27-30-14-15-32(27)2)16-24(23)33(26)21-4-3-5-21/h8-18,21H,3-7,29H2,1-2H3,(H,31,34). The molecule has 1 amide bonds. The molecular weight excluding hydrogens is 454 g/mol. The lowest BCUT2D eigenvalue weighted by atomic mass is 9.92. The molecule has 2 fully saturated rings. The molecule has 2 heterocycles. The zero-order valence-corrected chi connectivity index (χ0v) is 20.6. The molecule has 2 saturated carbocycles. The highest BCUT2D eigenvalue weighted by molar-refractivity contribution is 6.01. The number of carbonyl (C=O) groups is 1. The lowest BCUT2D eigenvalue weighted by Gasteiger charge is -2.30. The normalized spacial score (nSPS) is 16.5. The van der Waals surface area contributed by atoms with Gasteiger partial charge in [-0.2, -0.15) is 0 Å². The van der Waals surface area contributed by atoms with Gasteiger partial charge in [-0.25, -0.2) is 9.78 Å². The first-order chi connectivity index (χ1) is 17.5. The molecule has 2 aliphatic rings. The number of amides is 1. The summed E-state index contributed by atoms with van der Waals surface area (Å²) in [5.74, 6) is 1.23. The van der Waals surface area contributed by atoms with Crippen LogP contribution in [0.5, 0.6) is 11.8 Å². The molecule has 2 aliphatic carbocycles. The molecule has 0 saturated heterocycles. The zero-order chi connectivity index (χ0) is 24.8. The van der Waals surface area contributed by atoms with Gasteiger partial charge in [0.15, 0.2) is 0 Å². The second-order valence-electron chi connectivity index (χ2n) is 9.97. The summed E-state index contributed by atoms with van der Waals surface area (Å²) in [5, 5.41) is 3.85. The van der Waals surface area contributed by atoms with Crippen LogP contribution < -0.4 is 15.8 Å². The van der Waals surface area contributed by atoms with Crippen LogP contribution in [0.25, 0.3) is 22.2 Å². The fraction of sp³-hybridized carbons (Fsp3) is 0.357. The van der Waals surface area contributed by atoms with Gasteiger partial charge in [0.2, 0.25) is 0 Å². The number of fused-ring (bicyclic) bond motifs is 1. The monoisotopic (exact) mass is 485 g/mol. The number of nitrogens with two attached hydrogens (primary N) is 1. The second kappa shape index (κ2) is 8.93. The number of imidazole rings is 1. The Hall–Kier alpha value is -3.94. The lowest BCUT2D eigenvalue weighted by molar-refractivity contribution is 0.108. The van der Waals surface area contributed by atoms with Crippen molar-refractivity contribution in [2.75, 3.05) is 11.1 Å². The average molecular weight is 486 g/mol. The summed E-state index contributed by atoms with van der Waals surface area (Å²) >= 11 is 0. The van der Waals surface area contributed by atoms with Gasteiger partial charge in [-0.1, -0.05) is 12.1 Å². The molecule has 4 aromatic rings. The highest BCUT2D eigenvalue weighted by atomic mass is 16.6. The van der Waals surface area contributed by atoms with E-state index in [1.165, 1.54) is 6.42 Å². The fourth-order valence-electron chi connectivity index (χ4n) is 4.94. The average Bonchev–Trinajstić information content (AvgIpc) is 3.56. The third-order valence-electron chi connectivity index (χ3n) is 7.42. The predicted molar refractivity (Wildman–Crippen MR) is 140 cm³/mol. The summed E-state index contributed by atoms with van der Waals surface area (Å²) in [4.78, 5) is 16.5. The van der Waals surface area contributed by atoms with Crippen LogP contribution in [0.15, 0.2) is 54.9 Å². The van der Waals surface area contributed by atoms with E-state index in [2.05, 4.69) is 20.9 Å². The van der Waals surface area contributed by atoms with Crippen molar-refractivity contribution in [2.45, 2.75) is 51.2 Å². The van der Waals surface area contributed by atoms with Gasteiger partial charge in [0, 0.05) is 48.2 Å². The SMILES string of the molecule is CC(OC(=O)Nc1ccc(-c2c(N)c3ccc(Oc4nccn4C)cc3n2C2CCC2)cc1)C1CC1. The van der Waals surface area contributed by atoms with Crippen molar-refractivity contribution in [3.8, 4) is 23.0 Å². The van der Waals surface area contributed by atoms with E-state index in [1.54, 1.807) is 6.20 Å². The molecule has 0 bridgehead atoms. The summed E-state index contributed by atoms with van der Waals surface area (Å²) in [6, 6.07) is 14.7. The van der Waals surface area contributed by atoms with Crippen molar-refractivity contribution in [3.63, 3.8) is 0 Å². The number of nitrogens with one attached hydrogen (secondary N) is 1. The molecule has 0 radical (unpaired) electrons. The number of benzene rings is 2. The van der Waals surface area contributed by atoms with E-state index in [0.29, 0.717) is 23.7 Å². The van der Waals surface area contributed by atoms with E-state index < -0.39 is 6.09 Å². The van der Waals surface area contributed by atoms with Crippen molar-refractivity contribution in [1.29, 1.82) is 0 Å². The van der Waals surface area contributed by atoms with Crippen LogP contribution in [0, 0.1) is 5.92 Å². The second-order valence-corrected chi connectivity index (χ2v) is 9.97.